The van der Waals surface area contributed by atoms with Crippen LogP contribution in [-0.2, 0) is 4.57 Å². The van der Waals surface area contributed by atoms with E-state index in [0.29, 0.717) is 4.77 Å². The molecule has 0 radical (unpaired) electrons. The van der Waals surface area contributed by atoms with Crippen molar-refractivity contribution in [3.05, 3.63) is 71.5 Å². The molecule has 0 unspecified atom stereocenters. The van der Waals surface area contributed by atoms with Gasteiger partial charge in [0, 0.05) is 10.6 Å². The van der Waals surface area contributed by atoms with E-state index in [-0.39, 0.29) is 0 Å². The molecule has 2 aromatic rings. The summed E-state index contributed by atoms with van der Waals surface area (Å²) in [7, 11) is -2.89. The van der Waals surface area contributed by atoms with Gasteiger partial charge in [0.15, 0.2) is 7.14 Å². The zero-order valence-corrected chi connectivity index (χ0v) is 11.7. The lowest BCUT2D eigenvalue weighted by Gasteiger charge is -2.18. The van der Waals surface area contributed by atoms with Crippen molar-refractivity contribution in [2.45, 2.75) is 6.92 Å². The minimum absolute atomic E-state index is 0.403. The number of rotatable bonds is 3. The Labute approximate surface area is 112 Å². The molecule has 1 nitrogen and oxygen atoms in total. The predicted octanol–water partition coefficient (Wildman–Crippen LogP) is 4.10. The molecule has 92 valence electrons. The Balaban J connectivity index is 2.68. The van der Waals surface area contributed by atoms with Crippen molar-refractivity contribution in [1.29, 1.82) is 0 Å². The Morgan fingerprint density at radius 3 is 1.67 bits per heavy atom. The molecule has 0 saturated carbocycles. The fraction of sp³-hybridized carbons (Fsp3) is 0.0667. The van der Waals surface area contributed by atoms with Crippen LogP contribution in [0.2, 0.25) is 0 Å². The van der Waals surface area contributed by atoms with E-state index in [1.165, 1.54) is 0 Å². The van der Waals surface area contributed by atoms with E-state index in [1.807, 2.05) is 60.7 Å². The highest BCUT2D eigenvalue weighted by Crippen LogP contribution is 2.53. The molecule has 0 saturated heterocycles. The van der Waals surface area contributed by atoms with Crippen LogP contribution in [0.5, 0.6) is 0 Å². The second-order valence-electron chi connectivity index (χ2n) is 3.89. The average molecular weight is 277 g/mol. The van der Waals surface area contributed by atoms with Crippen molar-refractivity contribution in [2.75, 3.05) is 0 Å². The summed E-state index contributed by atoms with van der Waals surface area (Å²) in [6.45, 7) is 1.81. The second kappa shape index (κ2) is 5.56. The van der Waals surface area contributed by atoms with E-state index in [9.17, 15) is 4.57 Å². The van der Waals surface area contributed by atoms with Crippen LogP contribution in [-0.4, -0.2) is 0 Å². The van der Waals surface area contributed by atoms with E-state index in [0.717, 1.165) is 10.6 Å². The van der Waals surface area contributed by atoms with E-state index in [2.05, 4.69) is 0 Å². The van der Waals surface area contributed by atoms with Crippen molar-refractivity contribution >= 4 is 29.4 Å². The summed E-state index contributed by atoms with van der Waals surface area (Å²) < 4.78 is 13.7. The van der Waals surface area contributed by atoms with Crippen molar-refractivity contribution in [3.63, 3.8) is 0 Å². The minimum atomic E-state index is -2.89. The Morgan fingerprint density at radius 2 is 1.33 bits per heavy atom. The Morgan fingerprint density at radius 1 is 0.944 bits per heavy atom. The molecule has 0 bridgehead atoms. The van der Waals surface area contributed by atoms with Gasteiger partial charge in [0.25, 0.3) is 0 Å². The first-order valence-electron chi connectivity index (χ1n) is 5.73. The molecule has 0 aliphatic rings. The van der Waals surface area contributed by atoms with Gasteiger partial charge in [0.05, 0.1) is 4.77 Å². The molecule has 0 fully saturated rings. The van der Waals surface area contributed by atoms with Gasteiger partial charge in [-0.1, -0.05) is 78.3 Å². The minimum Gasteiger partial charge on any atom is -0.308 e. The number of allylic oxidation sites excluding steroid dienone is 1. The average Bonchev–Trinajstić information content (AvgIpc) is 2.47. The summed E-state index contributed by atoms with van der Waals surface area (Å²) in [5.41, 5.74) is 0. The maximum Gasteiger partial charge on any atom is 0.181 e. The zero-order valence-electron chi connectivity index (χ0n) is 10.1. The maximum absolute atomic E-state index is 13.3. The molecule has 0 atom stereocenters. The lowest BCUT2D eigenvalue weighted by atomic mass is 10.4. The van der Waals surface area contributed by atoms with Crippen molar-refractivity contribution in [3.8, 4) is 0 Å². The van der Waals surface area contributed by atoms with Crippen LogP contribution in [0.4, 0.5) is 0 Å². The van der Waals surface area contributed by atoms with Crippen LogP contribution >= 0.6 is 18.7 Å². The molecule has 0 N–H and O–H groups in total. The zero-order chi connectivity index (χ0) is 13.0. The first-order valence-corrected chi connectivity index (χ1v) is 7.81. The summed E-state index contributed by atoms with van der Waals surface area (Å²) >= 11 is 6.24. The first kappa shape index (κ1) is 13.1. The number of halogens is 1. The molecule has 0 amide bonds. The molecular formula is C15H14ClOP. The molecular weight excluding hydrogens is 263 g/mol. The molecule has 0 spiro atoms. The van der Waals surface area contributed by atoms with Crippen molar-refractivity contribution in [2.24, 2.45) is 0 Å². The molecule has 2 aromatic carbocycles. The number of benzene rings is 2. The smallest absolute Gasteiger partial charge is 0.181 e. The summed E-state index contributed by atoms with van der Waals surface area (Å²) in [4.78, 5) is 0. The molecule has 0 aromatic heterocycles. The number of hydrogen-bond acceptors (Lipinski definition) is 1. The molecule has 0 heterocycles. The first-order chi connectivity index (χ1) is 8.69. The number of hydrogen-bond donors (Lipinski definition) is 0. The third-order valence-electron chi connectivity index (χ3n) is 2.78. The quantitative estimate of drug-likeness (QED) is 0.772. The van der Waals surface area contributed by atoms with Gasteiger partial charge in [-0.15, -0.1) is 0 Å². The molecule has 0 aliphatic heterocycles. The van der Waals surface area contributed by atoms with E-state index in [4.69, 9.17) is 11.6 Å². The van der Waals surface area contributed by atoms with Crippen LogP contribution in [0.25, 0.3) is 0 Å². The van der Waals surface area contributed by atoms with Crippen LogP contribution in [0.15, 0.2) is 71.5 Å². The highest BCUT2D eigenvalue weighted by Gasteiger charge is 2.30. The Kier molecular flexibility index (Phi) is 4.06. The third-order valence-corrected chi connectivity index (χ3v) is 6.62. The molecule has 2 rings (SSSR count). The van der Waals surface area contributed by atoms with Crippen LogP contribution in [0.1, 0.15) is 6.92 Å². The van der Waals surface area contributed by atoms with E-state index >= 15 is 0 Å². The Hall–Kier alpha value is -1.30. The van der Waals surface area contributed by atoms with Crippen LogP contribution in [0, 0.1) is 0 Å². The van der Waals surface area contributed by atoms with Crippen molar-refractivity contribution < 1.29 is 4.57 Å². The van der Waals surface area contributed by atoms with Gasteiger partial charge < -0.3 is 4.57 Å². The topological polar surface area (TPSA) is 17.1 Å². The summed E-state index contributed by atoms with van der Waals surface area (Å²) in [6.07, 6.45) is 1.71. The van der Waals surface area contributed by atoms with E-state index < -0.39 is 7.14 Å². The van der Waals surface area contributed by atoms with Crippen molar-refractivity contribution in [1.82, 2.24) is 0 Å². The van der Waals surface area contributed by atoms with Gasteiger partial charge in [0.2, 0.25) is 0 Å². The van der Waals surface area contributed by atoms with Crippen LogP contribution < -0.4 is 10.6 Å². The van der Waals surface area contributed by atoms with Crippen LogP contribution in [0.3, 0.4) is 0 Å². The monoisotopic (exact) mass is 276 g/mol. The van der Waals surface area contributed by atoms with Gasteiger partial charge in [-0.2, -0.15) is 0 Å². The fourth-order valence-corrected chi connectivity index (χ4v) is 4.78. The largest absolute Gasteiger partial charge is 0.308 e. The standard InChI is InChI=1S/C15H14ClOP/c1-2-15(16)18(17,13-9-5-3-6-10-13)14-11-7-4-8-12-14/h2-12H,1H3/b15-2-. The summed E-state index contributed by atoms with van der Waals surface area (Å²) in [6, 6.07) is 18.8. The van der Waals surface area contributed by atoms with Gasteiger partial charge in [-0.25, -0.2) is 0 Å². The Bertz CT molecular complexity index is 547. The molecule has 0 aliphatic carbocycles. The van der Waals surface area contributed by atoms with Gasteiger partial charge in [0.1, 0.15) is 0 Å². The highest BCUT2D eigenvalue weighted by molar-refractivity contribution is 7.84. The summed E-state index contributed by atoms with van der Waals surface area (Å²) in [5.74, 6) is 0. The molecule has 3 heteroatoms. The highest BCUT2D eigenvalue weighted by atomic mass is 35.5. The third kappa shape index (κ3) is 2.29. The maximum atomic E-state index is 13.3. The fourth-order valence-electron chi connectivity index (χ4n) is 1.85. The lowest BCUT2D eigenvalue weighted by molar-refractivity contribution is 0.591. The molecule has 18 heavy (non-hydrogen) atoms. The van der Waals surface area contributed by atoms with Gasteiger partial charge in [-0.3, -0.25) is 0 Å². The van der Waals surface area contributed by atoms with Gasteiger partial charge >= 0.3 is 0 Å². The SMILES string of the molecule is C/C=C(/Cl)P(=O)(c1ccccc1)c1ccccc1. The normalized spacial score (nSPS) is 12.4. The lowest BCUT2D eigenvalue weighted by Crippen LogP contribution is -2.15. The van der Waals surface area contributed by atoms with Gasteiger partial charge in [-0.05, 0) is 6.92 Å². The predicted molar refractivity (Wildman–Crippen MR) is 79.4 cm³/mol. The van der Waals surface area contributed by atoms with E-state index in [1.54, 1.807) is 13.0 Å². The second-order valence-corrected chi connectivity index (χ2v) is 7.30. The summed E-state index contributed by atoms with van der Waals surface area (Å²) in [5, 5.41) is 1.53.